The molecule has 3 rings (SSSR count). The minimum absolute atomic E-state index is 0.656. The van der Waals surface area contributed by atoms with Crippen LogP contribution in [-0.4, -0.2) is 9.78 Å². The molecule has 0 radical (unpaired) electrons. The highest BCUT2D eigenvalue weighted by atomic mass is 35.5. The second-order valence-corrected chi connectivity index (χ2v) is 5.06. The fraction of sp³-hybridized carbons (Fsp3) is 0.0625. The Bertz CT molecular complexity index is 720. The van der Waals surface area contributed by atoms with Crippen LogP contribution in [0.25, 0.3) is 11.3 Å². The SMILES string of the molecule is Nc1cn(Cc2ccccc2)nc1-c1cccc(Cl)c1. The number of hydrogen-bond donors (Lipinski definition) is 1. The Morgan fingerprint density at radius 3 is 2.60 bits per heavy atom. The summed E-state index contributed by atoms with van der Waals surface area (Å²) < 4.78 is 1.85. The lowest BCUT2D eigenvalue weighted by molar-refractivity contribution is 0.689. The number of halogens is 1. The van der Waals surface area contributed by atoms with E-state index in [9.17, 15) is 0 Å². The predicted octanol–water partition coefficient (Wildman–Crippen LogP) is 3.83. The summed E-state index contributed by atoms with van der Waals surface area (Å²) in [6.07, 6.45) is 1.85. The topological polar surface area (TPSA) is 43.8 Å². The molecule has 0 aliphatic rings. The third kappa shape index (κ3) is 2.68. The highest BCUT2D eigenvalue weighted by molar-refractivity contribution is 6.30. The number of rotatable bonds is 3. The number of nitrogen functional groups attached to an aromatic ring is 1. The lowest BCUT2D eigenvalue weighted by Gasteiger charge is -2.01. The smallest absolute Gasteiger partial charge is 0.115 e. The van der Waals surface area contributed by atoms with Crippen LogP contribution in [0.3, 0.4) is 0 Å². The molecule has 0 aliphatic carbocycles. The zero-order valence-electron chi connectivity index (χ0n) is 10.8. The van der Waals surface area contributed by atoms with Gasteiger partial charge in [0.1, 0.15) is 5.69 Å². The van der Waals surface area contributed by atoms with Gasteiger partial charge in [-0.15, -0.1) is 0 Å². The van der Waals surface area contributed by atoms with E-state index in [1.807, 2.05) is 53.3 Å². The van der Waals surface area contributed by atoms with Gasteiger partial charge in [-0.05, 0) is 17.7 Å². The van der Waals surface area contributed by atoms with Crippen LogP contribution < -0.4 is 5.73 Å². The van der Waals surface area contributed by atoms with Crippen molar-refractivity contribution in [2.24, 2.45) is 0 Å². The van der Waals surface area contributed by atoms with E-state index in [1.54, 1.807) is 0 Å². The summed E-state index contributed by atoms with van der Waals surface area (Å²) in [4.78, 5) is 0. The zero-order chi connectivity index (χ0) is 13.9. The number of hydrogen-bond acceptors (Lipinski definition) is 2. The largest absolute Gasteiger partial charge is 0.396 e. The number of benzene rings is 2. The van der Waals surface area contributed by atoms with E-state index in [0.717, 1.165) is 11.3 Å². The predicted molar refractivity (Wildman–Crippen MR) is 82.6 cm³/mol. The van der Waals surface area contributed by atoms with Crippen molar-refractivity contribution in [1.29, 1.82) is 0 Å². The summed E-state index contributed by atoms with van der Waals surface area (Å²) in [5, 5.41) is 5.23. The second kappa shape index (κ2) is 5.39. The van der Waals surface area contributed by atoms with E-state index in [1.165, 1.54) is 5.56 Å². The van der Waals surface area contributed by atoms with Crippen LogP contribution in [0.2, 0.25) is 5.02 Å². The monoisotopic (exact) mass is 283 g/mol. The first-order valence-corrected chi connectivity index (χ1v) is 6.73. The van der Waals surface area contributed by atoms with E-state index in [2.05, 4.69) is 17.2 Å². The molecular weight excluding hydrogens is 270 g/mol. The summed E-state index contributed by atoms with van der Waals surface area (Å²) >= 11 is 6.01. The molecule has 1 heterocycles. The van der Waals surface area contributed by atoms with Crippen LogP contribution in [0.1, 0.15) is 5.56 Å². The van der Waals surface area contributed by atoms with E-state index in [-0.39, 0.29) is 0 Å². The van der Waals surface area contributed by atoms with Gasteiger partial charge in [-0.2, -0.15) is 5.10 Å². The lowest BCUT2D eigenvalue weighted by atomic mass is 10.1. The summed E-state index contributed by atoms with van der Waals surface area (Å²) in [5.74, 6) is 0. The number of anilines is 1. The average Bonchev–Trinajstić information content (AvgIpc) is 2.81. The van der Waals surface area contributed by atoms with Crippen LogP contribution in [0.4, 0.5) is 5.69 Å². The van der Waals surface area contributed by atoms with Gasteiger partial charge in [-0.25, -0.2) is 0 Å². The van der Waals surface area contributed by atoms with Gasteiger partial charge in [0, 0.05) is 16.8 Å². The van der Waals surface area contributed by atoms with Crippen LogP contribution in [-0.2, 0) is 6.54 Å². The number of nitrogens with zero attached hydrogens (tertiary/aromatic N) is 2. The Morgan fingerprint density at radius 2 is 1.85 bits per heavy atom. The molecule has 3 nitrogen and oxygen atoms in total. The van der Waals surface area contributed by atoms with Crippen molar-refractivity contribution in [3.05, 3.63) is 71.4 Å². The first-order chi connectivity index (χ1) is 9.72. The normalized spacial score (nSPS) is 10.7. The second-order valence-electron chi connectivity index (χ2n) is 4.63. The maximum Gasteiger partial charge on any atom is 0.115 e. The zero-order valence-corrected chi connectivity index (χ0v) is 11.6. The molecular formula is C16H14ClN3. The third-order valence-electron chi connectivity index (χ3n) is 3.08. The van der Waals surface area contributed by atoms with Crippen molar-refractivity contribution in [1.82, 2.24) is 9.78 Å². The standard InChI is InChI=1S/C16H14ClN3/c17-14-8-4-7-13(9-14)16-15(18)11-20(19-16)10-12-5-2-1-3-6-12/h1-9,11H,10,18H2. The van der Waals surface area contributed by atoms with E-state index in [0.29, 0.717) is 17.3 Å². The first-order valence-electron chi connectivity index (χ1n) is 6.35. The average molecular weight is 284 g/mol. The molecule has 0 fully saturated rings. The molecule has 0 spiro atoms. The van der Waals surface area contributed by atoms with E-state index < -0.39 is 0 Å². The molecule has 100 valence electrons. The third-order valence-corrected chi connectivity index (χ3v) is 3.31. The van der Waals surface area contributed by atoms with Gasteiger partial charge in [0.25, 0.3) is 0 Å². The number of aromatic nitrogens is 2. The van der Waals surface area contributed by atoms with E-state index >= 15 is 0 Å². The fourth-order valence-corrected chi connectivity index (χ4v) is 2.34. The van der Waals surface area contributed by atoms with Crippen LogP contribution in [0.5, 0.6) is 0 Å². The van der Waals surface area contributed by atoms with Gasteiger partial charge in [0.2, 0.25) is 0 Å². The van der Waals surface area contributed by atoms with Gasteiger partial charge >= 0.3 is 0 Å². The van der Waals surface area contributed by atoms with Crippen molar-refractivity contribution >= 4 is 17.3 Å². The molecule has 0 unspecified atom stereocenters. The summed E-state index contributed by atoms with van der Waals surface area (Å²) in [6, 6.07) is 17.7. The Kier molecular flexibility index (Phi) is 3.44. The maximum atomic E-state index is 6.05. The van der Waals surface area contributed by atoms with Gasteiger partial charge in [-0.1, -0.05) is 54.1 Å². The molecule has 0 saturated carbocycles. The molecule has 2 N–H and O–H groups in total. The highest BCUT2D eigenvalue weighted by Gasteiger charge is 2.09. The van der Waals surface area contributed by atoms with Gasteiger partial charge in [0.05, 0.1) is 12.2 Å². The molecule has 0 saturated heterocycles. The molecule has 0 amide bonds. The Hall–Kier alpha value is -2.26. The lowest BCUT2D eigenvalue weighted by Crippen LogP contribution is -1.99. The Balaban J connectivity index is 1.91. The van der Waals surface area contributed by atoms with Gasteiger partial charge in [0.15, 0.2) is 0 Å². The maximum absolute atomic E-state index is 6.05. The fourth-order valence-electron chi connectivity index (χ4n) is 2.15. The molecule has 4 heteroatoms. The summed E-state index contributed by atoms with van der Waals surface area (Å²) in [5.41, 5.74) is 9.59. The Labute approximate surface area is 122 Å². The molecule has 0 aliphatic heterocycles. The highest BCUT2D eigenvalue weighted by Crippen LogP contribution is 2.26. The summed E-state index contributed by atoms with van der Waals surface area (Å²) in [6.45, 7) is 0.700. The van der Waals surface area contributed by atoms with Crippen molar-refractivity contribution in [3.63, 3.8) is 0 Å². The Morgan fingerprint density at radius 1 is 1.05 bits per heavy atom. The van der Waals surface area contributed by atoms with Crippen LogP contribution >= 0.6 is 11.6 Å². The van der Waals surface area contributed by atoms with Crippen molar-refractivity contribution < 1.29 is 0 Å². The molecule has 0 bridgehead atoms. The van der Waals surface area contributed by atoms with Crippen molar-refractivity contribution in [2.45, 2.75) is 6.54 Å². The molecule has 3 aromatic rings. The van der Waals surface area contributed by atoms with Gasteiger partial charge < -0.3 is 5.73 Å². The van der Waals surface area contributed by atoms with Crippen LogP contribution in [0, 0.1) is 0 Å². The van der Waals surface area contributed by atoms with Crippen molar-refractivity contribution in [3.8, 4) is 11.3 Å². The van der Waals surface area contributed by atoms with Crippen LogP contribution in [0.15, 0.2) is 60.8 Å². The first kappa shape index (κ1) is 12.8. The minimum Gasteiger partial charge on any atom is -0.396 e. The molecule has 1 aromatic heterocycles. The summed E-state index contributed by atoms with van der Waals surface area (Å²) in [7, 11) is 0. The minimum atomic E-state index is 0.656. The van der Waals surface area contributed by atoms with Gasteiger partial charge in [-0.3, -0.25) is 4.68 Å². The quantitative estimate of drug-likeness (QED) is 0.794. The number of nitrogens with two attached hydrogens (primary N) is 1. The molecule has 20 heavy (non-hydrogen) atoms. The molecule has 0 atom stereocenters. The molecule has 2 aromatic carbocycles. The van der Waals surface area contributed by atoms with E-state index in [4.69, 9.17) is 17.3 Å². The van der Waals surface area contributed by atoms with Crippen molar-refractivity contribution in [2.75, 3.05) is 5.73 Å².